The number of thioether (sulfide) groups is 1. The van der Waals surface area contributed by atoms with Crippen molar-refractivity contribution in [1.29, 1.82) is 0 Å². The second kappa shape index (κ2) is 12.8. The molecule has 0 aromatic heterocycles. The highest BCUT2D eigenvalue weighted by Crippen LogP contribution is 2.35. The van der Waals surface area contributed by atoms with Gasteiger partial charge in [0.1, 0.15) is 0 Å². The van der Waals surface area contributed by atoms with E-state index in [1.165, 1.54) is 36.3 Å². The molecule has 0 bridgehead atoms. The second-order valence-electron chi connectivity index (χ2n) is 8.00. The highest BCUT2D eigenvalue weighted by molar-refractivity contribution is 8.19. The molecule has 0 unspecified atom stereocenters. The zero-order chi connectivity index (χ0) is 25.3. The van der Waals surface area contributed by atoms with Crippen LogP contribution in [0.1, 0.15) is 51.5 Å². The molecule has 35 heavy (non-hydrogen) atoms. The number of sulfonamides is 1. The lowest BCUT2D eigenvalue weighted by Gasteiger charge is -2.12. The Morgan fingerprint density at radius 2 is 1.74 bits per heavy atom. The first-order chi connectivity index (χ1) is 16.9. The van der Waals surface area contributed by atoms with Gasteiger partial charge in [0.2, 0.25) is 0 Å². The third-order valence-electron chi connectivity index (χ3n) is 5.43. The fourth-order valence-corrected chi connectivity index (χ4v) is 5.80. The van der Waals surface area contributed by atoms with Crippen molar-refractivity contribution in [3.8, 4) is 11.5 Å². The Labute approximate surface area is 212 Å². The predicted molar refractivity (Wildman–Crippen MR) is 141 cm³/mol. The van der Waals surface area contributed by atoms with Gasteiger partial charge in [-0.2, -0.15) is 8.42 Å². The number of rotatable bonds is 12. The van der Waals surface area contributed by atoms with Gasteiger partial charge in [-0.25, -0.2) is 0 Å². The summed E-state index contributed by atoms with van der Waals surface area (Å²) < 4.78 is 40.8. The summed E-state index contributed by atoms with van der Waals surface area (Å²) in [5, 5.41) is 0.143. The molecule has 1 aliphatic rings. The highest BCUT2D eigenvalue weighted by atomic mass is 32.2. The van der Waals surface area contributed by atoms with Crippen molar-refractivity contribution in [3.05, 3.63) is 59.0 Å². The summed E-state index contributed by atoms with van der Waals surface area (Å²) in [5.41, 5.74) is 0.755. The molecule has 0 N–H and O–H groups in total. The molecule has 0 radical (unpaired) electrons. The van der Waals surface area contributed by atoms with Crippen LogP contribution in [0.25, 0.3) is 6.08 Å². The molecule has 188 valence electrons. The lowest BCUT2D eigenvalue weighted by atomic mass is 10.1. The molecular formula is C26H32N2O5S2. The molecule has 1 aliphatic heterocycles. The molecule has 2 aromatic carbocycles. The number of carbonyl (C=O) groups is 1. The molecule has 1 saturated heterocycles. The van der Waals surface area contributed by atoms with E-state index in [1.54, 1.807) is 44.4 Å². The third-order valence-corrected chi connectivity index (χ3v) is 7.84. The van der Waals surface area contributed by atoms with Crippen LogP contribution in [0.3, 0.4) is 0 Å². The first-order valence-electron chi connectivity index (χ1n) is 11.8. The first kappa shape index (κ1) is 26.8. The minimum Gasteiger partial charge on any atom is -0.493 e. The summed E-state index contributed by atoms with van der Waals surface area (Å²) in [6, 6.07) is 13.4. The maximum atomic E-state index is 13.0. The molecule has 1 fully saturated rings. The predicted octanol–water partition coefficient (Wildman–Crippen LogP) is 5.73. The molecule has 0 spiro atoms. The number of carbonyl (C=O) groups excluding carboxylic acids is 1. The SMILES string of the molecule is CCCCCCCOc1cc(/C=C2\SC(=NS(=O)(=O)c3ccccc3)N(CC)C2=O)ccc1OC. The number of amides is 1. The lowest BCUT2D eigenvalue weighted by Crippen LogP contribution is -2.29. The molecule has 2 aromatic rings. The highest BCUT2D eigenvalue weighted by Gasteiger charge is 2.34. The van der Waals surface area contributed by atoms with Crippen LogP contribution in [0.4, 0.5) is 0 Å². The van der Waals surface area contributed by atoms with E-state index >= 15 is 0 Å². The average Bonchev–Trinajstić information content (AvgIpc) is 3.14. The van der Waals surface area contributed by atoms with E-state index in [2.05, 4.69) is 11.3 Å². The van der Waals surface area contributed by atoms with Crippen LogP contribution >= 0.6 is 11.8 Å². The standard InChI is InChI=1S/C26H32N2O5S2/c1-4-6-7-8-12-17-33-23-18-20(15-16-22(23)32-3)19-24-25(29)28(5-2)26(34-24)27-35(30,31)21-13-10-9-11-14-21/h9-11,13-16,18-19H,4-8,12,17H2,1-3H3/b24-19-,27-26?. The van der Waals surface area contributed by atoms with Crippen LogP contribution in [0.15, 0.2) is 62.7 Å². The summed E-state index contributed by atoms with van der Waals surface area (Å²) >= 11 is 1.05. The smallest absolute Gasteiger partial charge is 0.284 e. The van der Waals surface area contributed by atoms with E-state index in [1.807, 2.05) is 12.1 Å². The molecule has 3 rings (SSSR count). The lowest BCUT2D eigenvalue weighted by molar-refractivity contribution is -0.122. The summed E-state index contributed by atoms with van der Waals surface area (Å²) in [6.07, 6.45) is 7.42. The Bertz CT molecular complexity index is 1180. The Hall–Kier alpha value is -2.78. The van der Waals surface area contributed by atoms with Crippen molar-refractivity contribution in [1.82, 2.24) is 4.90 Å². The number of hydrogen-bond acceptors (Lipinski definition) is 6. The Morgan fingerprint density at radius 1 is 1.00 bits per heavy atom. The summed E-state index contributed by atoms with van der Waals surface area (Å²) in [4.78, 5) is 14.8. The van der Waals surface area contributed by atoms with Gasteiger partial charge in [-0.1, -0.05) is 56.9 Å². The molecule has 1 heterocycles. The van der Waals surface area contributed by atoms with Crippen LogP contribution in [0.2, 0.25) is 0 Å². The van der Waals surface area contributed by atoms with Gasteiger partial charge in [-0.3, -0.25) is 9.69 Å². The maximum absolute atomic E-state index is 13.0. The van der Waals surface area contributed by atoms with Crippen molar-refractivity contribution in [3.63, 3.8) is 0 Å². The van der Waals surface area contributed by atoms with Gasteiger partial charge in [0, 0.05) is 6.54 Å². The quantitative estimate of drug-likeness (QED) is 0.265. The molecule has 1 amide bonds. The van der Waals surface area contributed by atoms with Crippen LogP contribution in [-0.4, -0.2) is 44.7 Å². The zero-order valence-electron chi connectivity index (χ0n) is 20.4. The fraction of sp³-hybridized carbons (Fsp3) is 0.385. The number of benzene rings is 2. The van der Waals surface area contributed by atoms with Crippen LogP contribution in [0, 0.1) is 0 Å². The number of nitrogens with zero attached hydrogens (tertiary/aromatic N) is 2. The van der Waals surface area contributed by atoms with Crippen LogP contribution in [0.5, 0.6) is 11.5 Å². The average molecular weight is 517 g/mol. The van der Waals surface area contributed by atoms with Gasteiger partial charge >= 0.3 is 0 Å². The largest absolute Gasteiger partial charge is 0.493 e. The molecule has 7 nitrogen and oxygen atoms in total. The first-order valence-corrected chi connectivity index (χ1v) is 14.1. The van der Waals surface area contributed by atoms with Crippen LogP contribution in [-0.2, 0) is 14.8 Å². The number of amidine groups is 1. The van der Waals surface area contributed by atoms with Gasteiger partial charge in [0.05, 0.1) is 23.5 Å². The third kappa shape index (κ3) is 7.11. The molecule has 0 saturated carbocycles. The van der Waals surface area contributed by atoms with Gasteiger partial charge in [-0.15, -0.1) is 4.40 Å². The van der Waals surface area contributed by atoms with Gasteiger partial charge in [0.25, 0.3) is 15.9 Å². The normalized spacial score (nSPS) is 16.3. The summed E-state index contributed by atoms with van der Waals surface area (Å²) in [6.45, 7) is 4.87. The molecule has 9 heteroatoms. The van der Waals surface area contributed by atoms with Crippen molar-refractivity contribution >= 4 is 38.9 Å². The fourth-order valence-electron chi connectivity index (χ4n) is 3.54. The Balaban J connectivity index is 1.80. The monoisotopic (exact) mass is 516 g/mol. The summed E-state index contributed by atoms with van der Waals surface area (Å²) in [5.74, 6) is 0.951. The van der Waals surface area contributed by atoms with E-state index in [-0.39, 0.29) is 16.0 Å². The Morgan fingerprint density at radius 3 is 2.43 bits per heavy atom. The van der Waals surface area contributed by atoms with Crippen LogP contribution < -0.4 is 9.47 Å². The number of ether oxygens (including phenoxy) is 2. The number of methoxy groups -OCH3 is 1. The van der Waals surface area contributed by atoms with Crippen molar-refractivity contribution in [2.24, 2.45) is 4.40 Å². The van der Waals surface area contributed by atoms with Gasteiger partial charge < -0.3 is 9.47 Å². The Kier molecular flexibility index (Phi) is 9.80. The van der Waals surface area contributed by atoms with Gasteiger partial charge in [-0.05, 0) is 61.0 Å². The van der Waals surface area contributed by atoms with Gasteiger partial charge in [0.15, 0.2) is 16.7 Å². The van der Waals surface area contributed by atoms with E-state index in [0.29, 0.717) is 29.6 Å². The van der Waals surface area contributed by atoms with Crippen molar-refractivity contribution in [2.75, 3.05) is 20.3 Å². The topological polar surface area (TPSA) is 85.3 Å². The van der Waals surface area contributed by atoms with E-state index in [4.69, 9.17) is 9.47 Å². The molecule has 0 aliphatic carbocycles. The van der Waals surface area contributed by atoms with E-state index < -0.39 is 10.0 Å². The number of unbranched alkanes of at least 4 members (excludes halogenated alkanes) is 4. The minimum atomic E-state index is -3.93. The summed E-state index contributed by atoms with van der Waals surface area (Å²) in [7, 11) is -2.34. The number of likely N-dealkylation sites (N-methyl/N-ethyl adjacent to an activating group) is 1. The maximum Gasteiger partial charge on any atom is 0.284 e. The van der Waals surface area contributed by atoms with Crippen molar-refractivity contribution < 1.29 is 22.7 Å². The molecular weight excluding hydrogens is 484 g/mol. The zero-order valence-corrected chi connectivity index (χ0v) is 22.0. The van der Waals surface area contributed by atoms with E-state index in [0.717, 1.165) is 30.2 Å². The minimum absolute atomic E-state index is 0.0840. The van der Waals surface area contributed by atoms with E-state index in [9.17, 15) is 13.2 Å². The second-order valence-corrected chi connectivity index (χ2v) is 10.6. The number of hydrogen-bond donors (Lipinski definition) is 0. The van der Waals surface area contributed by atoms with Crippen molar-refractivity contribution in [2.45, 2.75) is 50.8 Å². The molecule has 0 atom stereocenters.